The maximum Gasteiger partial charge on any atom is 0.336 e. The zero-order valence-corrected chi connectivity index (χ0v) is 18.0. The van der Waals surface area contributed by atoms with Gasteiger partial charge in [0.25, 0.3) is 11.6 Å². The van der Waals surface area contributed by atoms with E-state index in [1.54, 1.807) is 26.0 Å². The van der Waals surface area contributed by atoms with E-state index in [-0.39, 0.29) is 30.0 Å². The molecular formula is C23H24N2O7. The quantitative estimate of drug-likeness (QED) is 0.275. The van der Waals surface area contributed by atoms with Crippen LogP contribution in [-0.4, -0.2) is 42.0 Å². The minimum Gasteiger partial charge on any atom is -0.464 e. The Morgan fingerprint density at radius 2 is 1.59 bits per heavy atom. The third-order valence-electron chi connectivity index (χ3n) is 4.36. The summed E-state index contributed by atoms with van der Waals surface area (Å²) in [6, 6.07) is 10.6. The number of hydrogen-bond donors (Lipinski definition) is 1. The van der Waals surface area contributed by atoms with Crippen LogP contribution in [0.3, 0.4) is 0 Å². The number of esters is 2. The van der Waals surface area contributed by atoms with E-state index in [0.717, 1.165) is 5.56 Å². The summed E-state index contributed by atoms with van der Waals surface area (Å²) in [6.45, 7) is 5.22. The summed E-state index contributed by atoms with van der Waals surface area (Å²) >= 11 is 0. The summed E-state index contributed by atoms with van der Waals surface area (Å²) in [5.41, 5.74) is 1.41. The number of hydrogen-bond acceptors (Lipinski definition) is 7. The van der Waals surface area contributed by atoms with Gasteiger partial charge in [-0.3, -0.25) is 14.9 Å². The molecule has 9 heteroatoms. The van der Waals surface area contributed by atoms with Gasteiger partial charge in [0.1, 0.15) is 0 Å². The van der Waals surface area contributed by atoms with Gasteiger partial charge in [0, 0.05) is 17.7 Å². The van der Waals surface area contributed by atoms with E-state index in [1.807, 2.05) is 19.1 Å². The predicted molar refractivity (Wildman–Crippen MR) is 117 cm³/mol. The molecule has 168 valence electrons. The van der Waals surface area contributed by atoms with Crippen molar-refractivity contribution >= 4 is 29.6 Å². The van der Waals surface area contributed by atoms with Crippen molar-refractivity contribution in [3.63, 3.8) is 0 Å². The van der Waals surface area contributed by atoms with Crippen LogP contribution in [-0.2, 0) is 19.1 Å². The van der Waals surface area contributed by atoms with Crippen molar-refractivity contribution in [3.05, 3.63) is 80.9 Å². The maximum atomic E-state index is 12.8. The second kappa shape index (κ2) is 11.4. The predicted octanol–water partition coefficient (Wildman–Crippen LogP) is 3.21. The highest BCUT2D eigenvalue weighted by atomic mass is 16.6. The summed E-state index contributed by atoms with van der Waals surface area (Å²) < 4.78 is 10.2. The first-order chi connectivity index (χ1) is 15.3. The monoisotopic (exact) mass is 440 g/mol. The van der Waals surface area contributed by atoms with Crippen molar-refractivity contribution in [2.45, 2.75) is 26.8 Å². The Hall–Kier alpha value is -4.01. The van der Waals surface area contributed by atoms with Gasteiger partial charge in [0.05, 0.1) is 23.7 Å². The fraction of sp³-hybridized carbons (Fsp3) is 0.261. The molecule has 32 heavy (non-hydrogen) atoms. The molecule has 1 N–H and O–H groups in total. The molecule has 1 amide bonds. The van der Waals surface area contributed by atoms with Crippen LogP contribution in [0.5, 0.6) is 0 Å². The van der Waals surface area contributed by atoms with Gasteiger partial charge in [-0.05, 0) is 44.5 Å². The van der Waals surface area contributed by atoms with E-state index < -0.39 is 28.8 Å². The largest absolute Gasteiger partial charge is 0.464 e. The second-order valence-electron chi connectivity index (χ2n) is 6.69. The molecule has 0 saturated carbocycles. The van der Waals surface area contributed by atoms with Crippen molar-refractivity contribution in [1.29, 1.82) is 0 Å². The molecule has 9 nitrogen and oxygen atoms in total. The lowest BCUT2D eigenvalue weighted by Crippen LogP contribution is -2.45. The summed E-state index contributed by atoms with van der Waals surface area (Å²) in [5, 5.41) is 13.3. The number of non-ortho nitro benzene ring substituents is 1. The van der Waals surface area contributed by atoms with E-state index >= 15 is 0 Å². The van der Waals surface area contributed by atoms with Gasteiger partial charge in [-0.25, -0.2) is 9.59 Å². The SMILES string of the molecule is CCOC(=O)/C(=C/c1ccc(C)cc1)C(NC(=O)c1ccc([N+](=O)[O-])cc1)C(=O)OCC. The Morgan fingerprint density at radius 3 is 2.12 bits per heavy atom. The number of ether oxygens (including phenoxy) is 2. The smallest absolute Gasteiger partial charge is 0.336 e. The van der Waals surface area contributed by atoms with Gasteiger partial charge in [-0.1, -0.05) is 29.8 Å². The van der Waals surface area contributed by atoms with Crippen LogP contribution in [0, 0.1) is 17.0 Å². The lowest BCUT2D eigenvalue weighted by atomic mass is 10.0. The number of nitro benzene ring substituents is 1. The zero-order valence-electron chi connectivity index (χ0n) is 18.0. The van der Waals surface area contributed by atoms with Crippen molar-refractivity contribution < 1.29 is 28.8 Å². The Kier molecular flexibility index (Phi) is 8.64. The van der Waals surface area contributed by atoms with Crippen molar-refractivity contribution in [3.8, 4) is 0 Å². The average Bonchev–Trinajstić information content (AvgIpc) is 2.77. The zero-order chi connectivity index (χ0) is 23.7. The van der Waals surface area contributed by atoms with Crippen LogP contribution < -0.4 is 5.32 Å². The van der Waals surface area contributed by atoms with E-state index in [0.29, 0.717) is 5.56 Å². The van der Waals surface area contributed by atoms with Gasteiger partial charge >= 0.3 is 11.9 Å². The Bertz CT molecular complexity index is 1010. The van der Waals surface area contributed by atoms with Crippen LogP contribution in [0.15, 0.2) is 54.1 Å². The first kappa shape index (κ1) is 24.3. The van der Waals surface area contributed by atoms with E-state index in [4.69, 9.17) is 9.47 Å². The number of aryl methyl sites for hydroxylation is 1. The molecule has 0 heterocycles. The van der Waals surface area contributed by atoms with Crippen LogP contribution >= 0.6 is 0 Å². The molecule has 0 aromatic heterocycles. The van der Waals surface area contributed by atoms with E-state index in [1.165, 1.54) is 30.3 Å². The normalized spacial score (nSPS) is 11.9. The number of amides is 1. The fourth-order valence-corrected chi connectivity index (χ4v) is 2.75. The minimum absolute atomic E-state index is 0.0311. The van der Waals surface area contributed by atoms with Gasteiger partial charge in [-0.15, -0.1) is 0 Å². The molecule has 2 aromatic rings. The van der Waals surface area contributed by atoms with Gasteiger partial charge in [0.2, 0.25) is 0 Å². The molecular weight excluding hydrogens is 416 g/mol. The number of nitrogens with zero attached hydrogens (tertiary/aromatic N) is 1. The molecule has 2 aromatic carbocycles. The number of carbonyl (C=O) groups is 3. The lowest BCUT2D eigenvalue weighted by molar-refractivity contribution is -0.384. The molecule has 0 aliphatic heterocycles. The first-order valence-corrected chi connectivity index (χ1v) is 9.94. The maximum absolute atomic E-state index is 12.8. The highest BCUT2D eigenvalue weighted by Crippen LogP contribution is 2.17. The van der Waals surface area contributed by atoms with E-state index in [2.05, 4.69) is 5.32 Å². The van der Waals surface area contributed by atoms with Gasteiger partial charge in [-0.2, -0.15) is 0 Å². The minimum atomic E-state index is -1.45. The Balaban J connectivity index is 2.44. The number of carbonyl (C=O) groups excluding carboxylic acids is 3. The van der Waals surface area contributed by atoms with Gasteiger partial charge < -0.3 is 14.8 Å². The summed E-state index contributed by atoms with van der Waals surface area (Å²) in [7, 11) is 0. The first-order valence-electron chi connectivity index (χ1n) is 9.94. The molecule has 0 aliphatic carbocycles. The third kappa shape index (κ3) is 6.49. The molecule has 0 spiro atoms. The molecule has 1 atom stereocenters. The van der Waals surface area contributed by atoms with E-state index in [9.17, 15) is 24.5 Å². The highest BCUT2D eigenvalue weighted by Gasteiger charge is 2.32. The van der Waals surface area contributed by atoms with Crippen molar-refractivity contribution in [2.24, 2.45) is 0 Å². The molecule has 1 unspecified atom stereocenters. The second-order valence-corrected chi connectivity index (χ2v) is 6.69. The van der Waals surface area contributed by atoms with Crippen LogP contribution in [0.2, 0.25) is 0 Å². The number of nitrogens with one attached hydrogen (secondary N) is 1. The van der Waals surface area contributed by atoms with Crippen LogP contribution in [0.25, 0.3) is 6.08 Å². The Morgan fingerprint density at radius 1 is 1.00 bits per heavy atom. The summed E-state index contributed by atoms with van der Waals surface area (Å²) in [5.74, 6) is -2.33. The molecule has 0 aliphatic rings. The molecule has 0 fully saturated rings. The topological polar surface area (TPSA) is 125 Å². The Labute approximate surface area is 185 Å². The summed E-state index contributed by atoms with van der Waals surface area (Å²) in [4.78, 5) is 48.3. The molecule has 0 bridgehead atoms. The standard InChI is InChI=1S/C23H24N2O7/c1-4-31-22(27)19(14-16-8-6-15(3)7-9-16)20(23(28)32-5-2)24-21(26)17-10-12-18(13-11-17)25(29)30/h6-14,20H,4-5H2,1-3H3,(H,24,26)/b19-14+. The lowest BCUT2D eigenvalue weighted by Gasteiger charge is -2.20. The molecule has 0 radical (unpaired) electrons. The number of rotatable bonds is 9. The number of nitro groups is 1. The molecule has 0 saturated heterocycles. The van der Waals surface area contributed by atoms with Crippen LogP contribution in [0.4, 0.5) is 5.69 Å². The third-order valence-corrected chi connectivity index (χ3v) is 4.36. The highest BCUT2D eigenvalue weighted by molar-refractivity contribution is 6.05. The fourth-order valence-electron chi connectivity index (χ4n) is 2.75. The van der Waals surface area contributed by atoms with Gasteiger partial charge in [0.15, 0.2) is 6.04 Å². The van der Waals surface area contributed by atoms with Crippen molar-refractivity contribution in [1.82, 2.24) is 5.32 Å². The summed E-state index contributed by atoms with van der Waals surface area (Å²) in [6.07, 6.45) is 1.45. The average molecular weight is 440 g/mol. The van der Waals surface area contributed by atoms with Crippen molar-refractivity contribution in [2.75, 3.05) is 13.2 Å². The number of benzene rings is 2. The molecule has 2 rings (SSSR count). The van der Waals surface area contributed by atoms with Crippen LogP contribution in [0.1, 0.15) is 35.3 Å².